The van der Waals surface area contributed by atoms with Gasteiger partial charge in [-0.1, -0.05) is 39.0 Å². The summed E-state index contributed by atoms with van der Waals surface area (Å²) in [7, 11) is 2.07. The Kier molecular flexibility index (Phi) is 7.33. The van der Waals surface area contributed by atoms with E-state index in [9.17, 15) is 9.59 Å². The molecule has 182 valence electrons. The molecule has 0 aliphatic carbocycles. The average Bonchev–Trinajstić information content (AvgIpc) is 3.37. The minimum absolute atomic E-state index is 0.00121. The van der Waals surface area contributed by atoms with E-state index in [0.717, 1.165) is 43.7 Å². The average molecular weight is 464 g/mol. The Morgan fingerprint density at radius 3 is 2.35 bits per heavy atom. The Bertz CT molecular complexity index is 972. The van der Waals surface area contributed by atoms with E-state index >= 15 is 0 Å². The van der Waals surface area contributed by atoms with Gasteiger partial charge in [-0.15, -0.1) is 0 Å². The van der Waals surface area contributed by atoms with Crippen LogP contribution in [0, 0.1) is 0 Å². The Morgan fingerprint density at radius 2 is 1.79 bits per heavy atom. The number of nitrogens with one attached hydrogen (secondary N) is 1. The molecule has 2 atom stereocenters. The van der Waals surface area contributed by atoms with Crippen molar-refractivity contribution in [3.05, 3.63) is 59.9 Å². The van der Waals surface area contributed by atoms with Gasteiger partial charge in [-0.3, -0.25) is 19.5 Å². The summed E-state index contributed by atoms with van der Waals surface area (Å²) in [6, 6.07) is 10.8. The van der Waals surface area contributed by atoms with E-state index < -0.39 is 6.04 Å². The third-order valence-electron chi connectivity index (χ3n) is 6.91. The summed E-state index contributed by atoms with van der Waals surface area (Å²) in [4.78, 5) is 38.1. The number of pyridine rings is 1. The molecule has 2 fully saturated rings. The van der Waals surface area contributed by atoms with Crippen LogP contribution in [0.5, 0.6) is 0 Å². The molecular weight excluding hydrogens is 426 g/mol. The molecule has 2 amide bonds. The van der Waals surface area contributed by atoms with Crippen LogP contribution < -0.4 is 10.2 Å². The number of carbonyl (C=O) groups is 2. The lowest BCUT2D eigenvalue weighted by atomic mass is 9.87. The molecule has 0 radical (unpaired) electrons. The van der Waals surface area contributed by atoms with Crippen LogP contribution in [0.4, 0.5) is 5.69 Å². The molecular formula is C27H37N5O2. The fraction of sp³-hybridized carbons (Fsp3) is 0.519. The Hall–Kier alpha value is -2.77. The summed E-state index contributed by atoms with van der Waals surface area (Å²) in [5, 5.41) is 3.33. The van der Waals surface area contributed by atoms with Crippen LogP contribution in [0.25, 0.3) is 0 Å². The summed E-state index contributed by atoms with van der Waals surface area (Å²) in [6.07, 6.45) is 5.14. The lowest BCUT2D eigenvalue weighted by Gasteiger charge is -2.39. The van der Waals surface area contributed by atoms with E-state index in [1.807, 2.05) is 29.2 Å². The first-order chi connectivity index (χ1) is 16.3. The van der Waals surface area contributed by atoms with Crippen molar-refractivity contribution in [3.8, 4) is 0 Å². The van der Waals surface area contributed by atoms with Crippen LogP contribution in [0.2, 0.25) is 0 Å². The first-order valence-corrected chi connectivity index (χ1v) is 12.3. The van der Waals surface area contributed by atoms with Crippen molar-refractivity contribution < 1.29 is 9.59 Å². The van der Waals surface area contributed by atoms with Crippen molar-refractivity contribution in [2.24, 2.45) is 0 Å². The summed E-state index contributed by atoms with van der Waals surface area (Å²) < 4.78 is 0. The van der Waals surface area contributed by atoms with Crippen LogP contribution in [-0.4, -0.2) is 72.4 Å². The van der Waals surface area contributed by atoms with Crippen LogP contribution in [-0.2, 0) is 15.0 Å². The summed E-state index contributed by atoms with van der Waals surface area (Å²) in [5.74, 6) is -0.107. The van der Waals surface area contributed by atoms with Gasteiger partial charge in [0.05, 0.1) is 6.04 Å². The van der Waals surface area contributed by atoms with Gasteiger partial charge in [-0.25, -0.2) is 0 Å². The Labute approximate surface area is 203 Å². The number of hydrogen-bond acceptors (Lipinski definition) is 5. The predicted octanol–water partition coefficient (Wildman–Crippen LogP) is 2.98. The first-order valence-electron chi connectivity index (χ1n) is 12.3. The lowest BCUT2D eigenvalue weighted by molar-refractivity contribution is -0.136. The van der Waals surface area contributed by atoms with Gasteiger partial charge in [0, 0.05) is 49.8 Å². The Balaban J connectivity index is 1.77. The standard InChI is InChI=1S/C27H37N5O2/c1-27(2,3)21-9-11-22(12-10-21)32(25(33)23-8-6-14-29-23)24(20-7-5-13-28-19-20)26(34)31-17-15-30(4)16-18-31/h5,7,9-13,19,23-24,29H,6,8,14-18H2,1-4H3/t23-,24?/m1/s1. The molecule has 4 rings (SSSR count). The van der Waals surface area contributed by atoms with E-state index in [2.05, 4.69) is 55.2 Å². The highest BCUT2D eigenvalue weighted by molar-refractivity contribution is 6.03. The minimum atomic E-state index is -0.757. The second kappa shape index (κ2) is 10.2. The highest BCUT2D eigenvalue weighted by atomic mass is 16.2. The van der Waals surface area contributed by atoms with E-state index in [1.54, 1.807) is 17.3 Å². The molecule has 0 saturated carbocycles. The maximum Gasteiger partial charge on any atom is 0.250 e. The number of anilines is 1. The van der Waals surface area contributed by atoms with Gasteiger partial charge in [0.1, 0.15) is 6.04 Å². The first kappa shape index (κ1) is 24.4. The van der Waals surface area contributed by atoms with Crippen molar-refractivity contribution in [1.29, 1.82) is 0 Å². The molecule has 1 aromatic carbocycles. The zero-order valence-electron chi connectivity index (χ0n) is 20.8. The second-order valence-corrected chi connectivity index (χ2v) is 10.5. The molecule has 34 heavy (non-hydrogen) atoms. The number of likely N-dealkylation sites (N-methyl/N-ethyl adjacent to an activating group) is 1. The molecule has 2 aromatic rings. The molecule has 7 heteroatoms. The maximum atomic E-state index is 14.0. The number of rotatable bonds is 5. The quantitative estimate of drug-likeness (QED) is 0.738. The van der Waals surface area contributed by atoms with Gasteiger partial charge in [0.2, 0.25) is 5.91 Å². The van der Waals surface area contributed by atoms with E-state index in [-0.39, 0.29) is 23.3 Å². The van der Waals surface area contributed by atoms with Crippen LogP contribution in [0.15, 0.2) is 48.8 Å². The summed E-state index contributed by atoms with van der Waals surface area (Å²) in [6.45, 7) is 10.3. The zero-order valence-corrected chi connectivity index (χ0v) is 20.8. The highest BCUT2D eigenvalue weighted by Gasteiger charge is 2.39. The number of carbonyl (C=O) groups excluding carboxylic acids is 2. The Morgan fingerprint density at radius 1 is 1.09 bits per heavy atom. The van der Waals surface area contributed by atoms with Gasteiger partial charge >= 0.3 is 0 Å². The SMILES string of the molecule is CN1CCN(C(=O)C(c2cccnc2)N(C(=O)[C@H]2CCCN2)c2ccc(C(C)(C)C)cc2)CC1. The number of benzene rings is 1. The van der Waals surface area contributed by atoms with Crippen molar-refractivity contribution in [3.63, 3.8) is 0 Å². The smallest absolute Gasteiger partial charge is 0.250 e. The molecule has 7 nitrogen and oxygen atoms in total. The van der Waals surface area contributed by atoms with Crippen molar-refractivity contribution in [1.82, 2.24) is 20.1 Å². The molecule has 2 saturated heterocycles. The fourth-order valence-electron chi connectivity index (χ4n) is 4.73. The number of amides is 2. The lowest BCUT2D eigenvalue weighted by Crippen LogP contribution is -2.54. The fourth-order valence-corrected chi connectivity index (χ4v) is 4.73. The third kappa shape index (κ3) is 5.31. The van der Waals surface area contributed by atoms with Crippen molar-refractivity contribution in [2.75, 3.05) is 44.7 Å². The number of nitrogens with zero attached hydrogens (tertiary/aromatic N) is 4. The molecule has 2 aliphatic heterocycles. The highest BCUT2D eigenvalue weighted by Crippen LogP contribution is 2.33. The largest absolute Gasteiger partial charge is 0.338 e. The number of piperazine rings is 1. The van der Waals surface area contributed by atoms with Crippen LogP contribution >= 0.6 is 0 Å². The summed E-state index contributed by atoms with van der Waals surface area (Å²) >= 11 is 0. The predicted molar refractivity (Wildman–Crippen MR) is 135 cm³/mol. The van der Waals surface area contributed by atoms with Crippen LogP contribution in [0.1, 0.15) is 50.8 Å². The van der Waals surface area contributed by atoms with Gasteiger partial charge in [-0.05, 0) is 55.6 Å². The van der Waals surface area contributed by atoms with Gasteiger partial charge in [-0.2, -0.15) is 0 Å². The maximum absolute atomic E-state index is 14.0. The molecule has 1 aromatic heterocycles. The number of hydrogen-bond donors (Lipinski definition) is 1. The van der Waals surface area contributed by atoms with Crippen LogP contribution in [0.3, 0.4) is 0 Å². The summed E-state index contributed by atoms with van der Waals surface area (Å²) in [5.41, 5.74) is 2.66. The second-order valence-electron chi connectivity index (χ2n) is 10.5. The minimum Gasteiger partial charge on any atom is -0.338 e. The van der Waals surface area contributed by atoms with Gasteiger partial charge in [0.25, 0.3) is 5.91 Å². The van der Waals surface area contributed by atoms with Gasteiger partial charge in [0.15, 0.2) is 0 Å². The molecule has 3 heterocycles. The molecule has 2 aliphatic rings. The van der Waals surface area contributed by atoms with Crippen molar-refractivity contribution >= 4 is 17.5 Å². The number of aromatic nitrogens is 1. The molecule has 1 unspecified atom stereocenters. The molecule has 0 bridgehead atoms. The van der Waals surface area contributed by atoms with Crippen molar-refractivity contribution in [2.45, 2.75) is 51.1 Å². The van der Waals surface area contributed by atoms with Gasteiger partial charge < -0.3 is 15.1 Å². The third-order valence-corrected chi connectivity index (χ3v) is 6.91. The van der Waals surface area contributed by atoms with E-state index in [4.69, 9.17) is 0 Å². The van der Waals surface area contributed by atoms with E-state index in [0.29, 0.717) is 13.1 Å². The zero-order chi connectivity index (χ0) is 24.3. The monoisotopic (exact) mass is 463 g/mol. The molecule has 1 N–H and O–H groups in total. The molecule has 0 spiro atoms. The van der Waals surface area contributed by atoms with E-state index in [1.165, 1.54) is 5.56 Å². The normalized spacial score (nSPS) is 20.2. The topological polar surface area (TPSA) is 68.8 Å².